The lowest BCUT2D eigenvalue weighted by Gasteiger charge is -2.25. The minimum Gasteiger partial charge on any atom is -0.406 e. The molecule has 37 heavy (non-hydrogen) atoms. The van der Waals surface area contributed by atoms with E-state index in [1.165, 1.54) is 17.0 Å². The van der Waals surface area contributed by atoms with E-state index >= 15 is 0 Å². The van der Waals surface area contributed by atoms with E-state index in [0.29, 0.717) is 18.9 Å². The van der Waals surface area contributed by atoms with Crippen LogP contribution in [0.15, 0.2) is 53.0 Å². The number of benzene rings is 2. The lowest BCUT2D eigenvalue weighted by Crippen LogP contribution is -2.40. The lowest BCUT2D eigenvalue weighted by molar-refractivity contribution is -0.274. The zero-order valence-corrected chi connectivity index (χ0v) is 22.1. The number of hydrogen-bond donors (Lipinski definition) is 2. The molecule has 0 saturated carbocycles. The highest BCUT2D eigenvalue weighted by atomic mass is 79.9. The molecule has 1 heterocycles. The summed E-state index contributed by atoms with van der Waals surface area (Å²) in [6.45, 7) is 4.51. The van der Waals surface area contributed by atoms with E-state index < -0.39 is 23.9 Å². The molecule has 0 spiro atoms. The van der Waals surface area contributed by atoms with Gasteiger partial charge in [-0.1, -0.05) is 41.9 Å². The quantitative estimate of drug-likeness (QED) is 0.390. The average molecular weight is 584 g/mol. The highest BCUT2D eigenvalue weighted by Crippen LogP contribution is 2.38. The summed E-state index contributed by atoms with van der Waals surface area (Å²) >= 11 is 3.40. The number of halogens is 4. The number of anilines is 1. The molecule has 3 amide bonds. The Hall–Kier alpha value is -3.08. The fourth-order valence-corrected chi connectivity index (χ4v) is 4.40. The summed E-state index contributed by atoms with van der Waals surface area (Å²) < 4.78 is 41.7. The molecule has 1 aliphatic heterocycles. The molecule has 0 aromatic heterocycles. The Morgan fingerprint density at radius 2 is 1.73 bits per heavy atom. The van der Waals surface area contributed by atoms with E-state index in [-0.39, 0.29) is 36.5 Å². The minimum absolute atomic E-state index is 0.115. The third-order valence-electron chi connectivity index (χ3n) is 5.93. The van der Waals surface area contributed by atoms with Crippen molar-refractivity contribution in [3.63, 3.8) is 0 Å². The van der Waals surface area contributed by atoms with Gasteiger partial charge in [-0.15, -0.1) is 13.2 Å². The molecular formula is C26H29BrF3N3O4. The second-order valence-electron chi connectivity index (χ2n) is 9.32. The Kier molecular flexibility index (Phi) is 9.58. The number of ether oxygens (including phenoxy) is 1. The molecule has 0 unspecified atom stereocenters. The van der Waals surface area contributed by atoms with E-state index in [1.807, 2.05) is 24.3 Å². The highest BCUT2D eigenvalue weighted by molar-refractivity contribution is 9.10. The van der Waals surface area contributed by atoms with Gasteiger partial charge in [0.05, 0.1) is 6.04 Å². The van der Waals surface area contributed by atoms with Gasteiger partial charge >= 0.3 is 6.36 Å². The van der Waals surface area contributed by atoms with E-state index in [1.54, 1.807) is 0 Å². The van der Waals surface area contributed by atoms with Crippen molar-refractivity contribution in [3.8, 4) is 5.75 Å². The van der Waals surface area contributed by atoms with E-state index in [2.05, 4.69) is 45.1 Å². The van der Waals surface area contributed by atoms with Crippen LogP contribution in [0.2, 0.25) is 0 Å². The molecule has 3 rings (SSSR count). The number of hydrogen-bond acceptors (Lipinski definition) is 4. The standard InChI is InChI=1S/C26H29BrF3N3O4/c1-16(2)11-12-31-24(35)15-33-22(17-3-5-19(27)6-4-17)13-18(25(33)36)14-23(34)32-20-7-9-21(10-8-20)37-26(28,29)30/h3-10,16,18,22H,11-15H2,1-2H3,(H,31,35)(H,32,34)/t18-,22-/m1/s1. The van der Waals surface area contributed by atoms with Crippen LogP contribution in [0.5, 0.6) is 5.75 Å². The molecule has 200 valence electrons. The molecule has 1 aliphatic rings. The first-order valence-electron chi connectivity index (χ1n) is 11.9. The van der Waals surface area contributed by atoms with Crippen LogP contribution in [0, 0.1) is 11.8 Å². The van der Waals surface area contributed by atoms with Crippen LogP contribution in [0.4, 0.5) is 18.9 Å². The van der Waals surface area contributed by atoms with Gasteiger partial charge in [-0.25, -0.2) is 0 Å². The number of amides is 3. The fraction of sp³-hybridized carbons (Fsp3) is 0.423. The first-order chi connectivity index (χ1) is 17.4. The molecule has 2 aromatic rings. The molecule has 1 saturated heterocycles. The first-order valence-corrected chi connectivity index (χ1v) is 12.7. The number of rotatable bonds is 10. The van der Waals surface area contributed by atoms with Gasteiger partial charge in [0.15, 0.2) is 0 Å². The molecule has 1 fully saturated rings. The van der Waals surface area contributed by atoms with Crippen molar-refractivity contribution in [1.29, 1.82) is 0 Å². The molecule has 0 radical (unpaired) electrons. The SMILES string of the molecule is CC(C)CCNC(=O)CN1C(=O)[C@@H](CC(=O)Nc2ccc(OC(F)(F)F)cc2)C[C@@H]1c1ccc(Br)cc1. The summed E-state index contributed by atoms with van der Waals surface area (Å²) in [4.78, 5) is 40.0. The zero-order valence-electron chi connectivity index (χ0n) is 20.5. The smallest absolute Gasteiger partial charge is 0.406 e. The van der Waals surface area contributed by atoms with Crippen LogP contribution >= 0.6 is 15.9 Å². The first kappa shape index (κ1) is 28.5. The largest absolute Gasteiger partial charge is 0.573 e. The van der Waals surface area contributed by atoms with Crippen molar-refractivity contribution >= 4 is 39.3 Å². The van der Waals surface area contributed by atoms with Gasteiger partial charge in [-0.2, -0.15) is 0 Å². The predicted octanol–water partition coefficient (Wildman–Crippen LogP) is 5.43. The number of carbonyl (C=O) groups is 3. The summed E-state index contributed by atoms with van der Waals surface area (Å²) in [5, 5.41) is 5.45. The van der Waals surface area contributed by atoms with Gasteiger partial charge in [0.2, 0.25) is 17.7 Å². The van der Waals surface area contributed by atoms with Crippen molar-refractivity contribution in [2.24, 2.45) is 11.8 Å². The second kappa shape index (κ2) is 12.4. The maximum absolute atomic E-state index is 13.3. The Labute approximate surface area is 221 Å². The number of nitrogens with one attached hydrogen (secondary N) is 2. The molecule has 11 heteroatoms. The van der Waals surface area contributed by atoms with E-state index in [9.17, 15) is 27.6 Å². The molecule has 2 N–H and O–H groups in total. The zero-order chi connectivity index (χ0) is 27.2. The highest BCUT2D eigenvalue weighted by Gasteiger charge is 2.41. The monoisotopic (exact) mass is 583 g/mol. The van der Waals surface area contributed by atoms with Gasteiger partial charge in [0.25, 0.3) is 0 Å². The number of alkyl halides is 3. The lowest BCUT2D eigenvalue weighted by atomic mass is 9.97. The molecule has 7 nitrogen and oxygen atoms in total. The van der Waals surface area contributed by atoms with Crippen molar-refractivity contribution < 1.29 is 32.3 Å². The summed E-state index contributed by atoms with van der Waals surface area (Å²) in [5.74, 6) is -1.64. The van der Waals surface area contributed by atoms with Gasteiger partial charge in [0.1, 0.15) is 12.3 Å². The van der Waals surface area contributed by atoms with Crippen molar-refractivity contribution in [1.82, 2.24) is 10.2 Å². The minimum atomic E-state index is -4.81. The van der Waals surface area contributed by atoms with Crippen LogP contribution in [0.25, 0.3) is 0 Å². The summed E-state index contributed by atoms with van der Waals surface area (Å²) in [7, 11) is 0. The number of likely N-dealkylation sites (tertiary alicyclic amines) is 1. The van der Waals surface area contributed by atoms with Crippen LogP contribution < -0.4 is 15.4 Å². The van der Waals surface area contributed by atoms with Crippen LogP contribution in [-0.2, 0) is 14.4 Å². The van der Waals surface area contributed by atoms with Crippen LogP contribution in [0.1, 0.15) is 44.7 Å². The summed E-state index contributed by atoms with van der Waals surface area (Å²) in [6.07, 6.45) is -3.76. The second-order valence-corrected chi connectivity index (χ2v) is 10.2. The maximum atomic E-state index is 13.3. The Bertz CT molecular complexity index is 1090. The fourth-order valence-electron chi connectivity index (χ4n) is 4.13. The molecule has 0 bridgehead atoms. The van der Waals surface area contributed by atoms with Crippen molar-refractivity contribution in [2.75, 3.05) is 18.4 Å². The molecule has 2 aromatic carbocycles. The summed E-state index contributed by atoms with van der Waals surface area (Å²) in [6, 6.07) is 11.8. The molecular weight excluding hydrogens is 555 g/mol. The number of carbonyl (C=O) groups excluding carboxylic acids is 3. The summed E-state index contributed by atoms with van der Waals surface area (Å²) in [5.41, 5.74) is 1.13. The normalized spacial score (nSPS) is 17.7. The third-order valence-corrected chi connectivity index (χ3v) is 6.46. The van der Waals surface area contributed by atoms with Gasteiger partial charge in [0, 0.05) is 29.0 Å². The van der Waals surface area contributed by atoms with Gasteiger partial charge < -0.3 is 20.3 Å². The Morgan fingerprint density at radius 1 is 1.08 bits per heavy atom. The molecule has 0 aliphatic carbocycles. The van der Waals surface area contributed by atoms with E-state index in [0.717, 1.165) is 28.6 Å². The maximum Gasteiger partial charge on any atom is 0.573 e. The van der Waals surface area contributed by atoms with Gasteiger partial charge in [-0.05, 0) is 60.7 Å². The number of nitrogens with zero attached hydrogens (tertiary/aromatic N) is 1. The third kappa shape index (κ3) is 8.77. The topological polar surface area (TPSA) is 87.7 Å². The van der Waals surface area contributed by atoms with Crippen LogP contribution in [0.3, 0.4) is 0 Å². The van der Waals surface area contributed by atoms with Crippen LogP contribution in [-0.4, -0.2) is 42.1 Å². The van der Waals surface area contributed by atoms with Crippen molar-refractivity contribution in [3.05, 3.63) is 58.6 Å². The van der Waals surface area contributed by atoms with Crippen molar-refractivity contribution in [2.45, 2.75) is 45.5 Å². The Morgan fingerprint density at radius 3 is 2.32 bits per heavy atom. The van der Waals surface area contributed by atoms with E-state index in [4.69, 9.17) is 0 Å². The predicted molar refractivity (Wildman–Crippen MR) is 136 cm³/mol. The average Bonchev–Trinajstić information content (AvgIpc) is 3.09. The molecule has 2 atom stereocenters. The Balaban J connectivity index is 1.66. The van der Waals surface area contributed by atoms with Gasteiger partial charge in [-0.3, -0.25) is 14.4 Å².